The Balaban J connectivity index is 1.57. The molecule has 0 unspecified atom stereocenters. The van der Waals surface area contributed by atoms with Gasteiger partial charge in [-0.1, -0.05) is 30.3 Å². The highest BCUT2D eigenvalue weighted by Crippen LogP contribution is 2.18. The highest BCUT2D eigenvalue weighted by Gasteiger charge is 2.20. The van der Waals surface area contributed by atoms with Crippen LogP contribution in [0.2, 0.25) is 0 Å². The van der Waals surface area contributed by atoms with Crippen molar-refractivity contribution in [2.45, 2.75) is 25.4 Å². The minimum atomic E-state index is -0.432. The molecule has 0 radical (unpaired) electrons. The lowest BCUT2D eigenvalue weighted by molar-refractivity contribution is -0.385. The zero-order valence-electron chi connectivity index (χ0n) is 12.9. The summed E-state index contributed by atoms with van der Waals surface area (Å²) in [5.41, 5.74) is 1.34. The predicted octanol–water partition coefficient (Wildman–Crippen LogP) is 3.07. The SMILES string of the molecule is O=[N+]([O-])c1ccc(N[C@@H]2CCCN(Cc3ccccc3)C2)nc1. The first-order valence-electron chi connectivity index (χ1n) is 7.84. The molecule has 1 N–H and O–H groups in total. The molecular weight excluding hydrogens is 292 g/mol. The van der Waals surface area contributed by atoms with Crippen LogP contribution in [0.5, 0.6) is 0 Å². The van der Waals surface area contributed by atoms with Crippen molar-refractivity contribution in [3.8, 4) is 0 Å². The largest absolute Gasteiger partial charge is 0.366 e. The van der Waals surface area contributed by atoms with Gasteiger partial charge in [0.15, 0.2) is 0 Å². The Labute approximate surface area is 135 Å². The number of nitrogens with zero attached hydrogens (tertiary/aromatic N) is 3. The number of piperidine rings is 1. The maximum Gasteiger partial charge on any atom is 0.287 e. The van der Waals surface area contributed by atoms with Crippen molar-refractivity contribution in [2.24, 2.45) is 0 Å². The quantitative estimate of drug-likeness (QED) is 0.678. The van der Waals surface area contributed by atoms with Crippen LogP contribution in [0.4, 0.5) is 11.5 Å². The van der Waals surface area contributed by atoms with Crippen LogP contribution in [0.3, 0.4) is 0 Å². The molecule has 0 aliphatic carbocycles. The van der Waals surface area contributed by atoms with Gasteiger partial charge in [0.25, 0.3) is 5.69 Å². The van der Waals surface area contributed by atoms with E-state index in [2.05, 4.69) is 39.5 Å². The van der Waals surface area contributed by atoms with Gasteiger partial charge in [0.05, 0.1) is 4.92 Å². The number of nitrogens with one attached hydrogen (secondary N) is 1. The van der Waals surface area contributed by atoms with Gasteiger partial charge in [-0.3, -0.25) is 15.0 Å². The van der Waals surface area contributed by atoms with Crippen LogP contribution in [0.25, 0.3) is 0 Å². The lowest BCUT2D eigenvalue weighted by Gasteiger charge is -2.33. The zero-order chi connectivity index (χ0) is 16.1. The predicted molar refractivity (Wildman–Crippen MR) is 89.3 cm³/mol. The van der Waals surface area contributed by atoms with Gasteiger partial charge in [-0.25, -0.2) is 4.98 Å². The molecule has 2 heterocycles. The average molecular weight is 312 g/mol. The van der Waals surface area contributed by atoms with E-state index in [1.54, 1.807) is 6.07 Å². The molecule has 120 valence electrons. The summed E-state index contributed by atoms with van der Waals surface area (Å²) in [6, 6.07) is 13.9. The number of pyridine rings is 1. The molecule has 3 rings (SSSR count). The zero-order valence-corrected chi connectivity index (χ0v) is 12.9. The fraction of sp³-hybridized carbons (Fsp3) is 0.353. The minimum absolute atomic E-state index is 0.0184. The summed E-state index contributed by atoms with van der Waals surface area (Å²) in [7, 11) is 0. The summed E-state index contributed by atoms with van der Waals surface area (Å²) in [6.45, 7) is 3.00. The van der Waals surface area contributed by atoms with Gasteiger partial charge in [0.2, 0.25) is 0 Å². The second-order valence-electron chi connectivity index (χ2n) is 5.86. The molecule has 1 aromatic heterocycles. The molecule has 6 nitrogen and oxygen atoms in total. The molecule has 1 atom stereocenters. The second-order valence-corrected chi connectivity index (χ2v) is 5.86. The van der Waals surface area contributed by atoms with Crippen molar-refractivity contribution in [2.75, 3.05) is 18.4 Å². The summed E-state index contributed by atoms with van der Waals surface area (Å²) in [6.07, 6.45) is 3.52. The first-order valence-corrected chi connectivity index (χ1v) is 7.84. The van der Waals surface area contributed by atoms with Gasteiger partial charge in [-0.15, -0.1) is 0 Å². The van der Waals surface area contributed by atoms with E-state index in [1.807, 2.05) is 6.07 Å². The Morgan fingerprint density at radius 3 is 2.78 bits per heavy atom. The summed E-state index contributed by atoms with van der Waals surface area (Å²) in [5, 5.41) is 14.0. The molecule has 2 aromatic rings. The van der Waals surface area contributed by atoms with E-state index < -0.39 is 4.92 Å². The molecule has 23 heavy (non-hydrogen) atoms. The summed E-state index contributed by atoms with van der Waals surface area (Å²) >= 11 is 0. The van der Waals surface area contributed by atoms with E-state index in [4.69, 9.17) is 0 Å². The summed E-state index contributed by atoms with van der Waals surface area (Å²) in [5.74, 6) is 0.696. The number of rotatable bonds is 5. The van der Waals surface area contributed by atoms with Gasteiger partial charge < -0.3 is 5.32 Å². The number of hydrogen-bond acceptors (Lipinski definition) is 5. The molecule has 1 fully saturated rings. The fourth-order valence-electron chi connectivity index (χ4n) is 2.95. The topological polar surface area (TPSA) is 71.3 Å². The van der Waals surface area contributed by atoms with Crippen molar-refractivity contribution in [3.63, 3.8) is 0 Å². The van der Waals surface area contributed by atoms with Gasteiger partial charge in [-0.2, -0.15) is 0 Å². The van der Waals surface area contributed by atoms with E-state index in [9.17, 15) is 10.1 Å². The fourth-order valence-corrected chi connectivity index (χ4v) is 2.95. The van der Waals surface area contributed by atoms with Crippen molar-refractivity contribution in [1.29, 1.82) is 0 Å². The van der Waals surface area contributed by atoms with Crippen LogP contribution in [-0.4, -0.2) is 33.9 Å². The van der Waals surface area contributed by atoms with Gasteiger partial charge in [0, 0.05) is 25.2 Å². The van der Waals surface area contributed by atoms with E-state index in [-0.39, 0.29) is 5.69 Å². The van der Waals surface area contributed by atoms with Gasteiger partial charge in [0.1, 0.15) is 12.0 Å². The van der Waals surface area contributed by atoms with Crippen molar-refractivity contribution in [3.05, 3.63) is 64.3 Å². The highest BCUT2D eigenvalue weighted by atomic mass is 16.6. The molecule has 1 aliphatic heterocycles. The molecule has 0 amide bonds. The Morgan fingerprint density at radius 2 is 2.09 bits per heavy atom. The second kappa shape index (κ2) is 7.19. The number of benzene rings is 1. The van der Waals surface area contributed by atoms with Crippen LogP contribution < -0.4 is 5.32 Å². The summed E-state index contributed by atoms with van der Waals surface area (Å²) in [4.78, 5) is 16.8. The van der Waals surface area contributed by atoms with Crippen LogP contribution in [0.15, 0.2) is 48.7 Å². The van der Waals surface area contributed by atoms with E-state index >= 15 is 0 Å². The molecule has 1 saturated heterocycles. The lowest BCUT2D eigenvalue weighted by Crippen LogP contribution is -2.41. The number of anilines is 1. The molecule has 0 spiro atoms. The molecule has 1 aliphatic rings. The van der Waals surface area contributed by atoms with Crippen LogP contribution in [0, 0.1) is 10.1 Å². The van der Waals surface area contributed by atoms with Crippen LogP contribution in [-0.2, 0) is 6.54 Å². The van der Waals surface area contributed by atoms with E-state index in [0.717, 1.165) is 32.5 Å². The monoisotopic (exact) mass is 312 g/mol. The average Bonchev–Trinajstić information content (AvgIpc) is 2.57. The molecule has 0 bridgehead atoms. The van der Waals surface area contributed by atoms with Crippen molar-refractivity contribution >= 4 is 11.5 Å². The van der Waals surface area contributed by atoms with Crippen molar-refractivity contribution < 1.29 is 4.92 Å². The third-order valence-electron chi connectivity index (χ3n) is 4.07. The minimum Gasteiger partial charge on any atom is -0.366 e. The maximum absolute atomic E-state index is 10.7. The molecular formula is C17H20N4O2. The summed E-state index contributed by atoms with van der Waals surface area (Å²) < 4.78 is 0. The number of nitro groups is 1. The standard InChI is InChI=1S/C17H20N4O2/c22-21(23)16-8-9-17(18-11-16)19-15-7-4-10-20(13-15)12-14-5-2-1-3-6-14/h1-3,5-6,8-9,11,15H,4,7,10,12-13H2,(H,18,19)/t15-/m1/s1. The van der Waals surface area contributed by atoms with Gasteiger partial charge >= 0.3 is 0 Å². The van der Waals surface area contributed by atoms with Crippen molar-refractivity contribution in [1.82, 2.24) is 9.88 Å². The first kappa shape index (κ1) is 15.4. The Kier molecular flexibility index (Phi) is 4.83. The Morgan fingerprint density at radius 1 is 1.26 bits per heavy atom. The maximum atomic E-state index is 10.7. The highest BCUT2D eigenvalue weighted by molar-refractivity contribution is 5.41. The Bertz CT molecular complexity index is 645. The number of likely N-dealkylation sites (tertiary alicyclic amines) is 1. The van der Waals surface area contributed by atoms with Crippen LogP contribution >= 0.6 is 0 Å². The Hall–Kier alpha value is -2.47. The first-order chi connectivity index (χ1) is 11.2. The van der Waals surface area contributed by atoms with Crippen LogP contribution in [0.1, 0.15) is 18.4 Å². The number of hydrogen-bond donors (Lipinski definition) is 1. The molecule has 1 aromatic carbocycles. The lowest BCUT2D eigenvalue weighted by atomic mass is 10.0. The smallest absolute Gasteiger partial charge is 0.287 e. The van der Waals surface area contributed by atoms with Gasteiger partial charge in [-0.05, 0) is 31.0 Å². The normalized spacial score (nSPS) is 18.5. The van der Waals surface area contributed by atoms with E-state index in [1.165, 1.54) is 17.8 Å². The molecule has 0 saturated carbocycles. The number of aromatic nitrogens is 1. The third-order valence-corrected chi connectivity index (χ3v) is 4.07. The molecule has 6 heteroatoms. The third kappa shape index (κ3) is 4.26. The van der Waals surface area contributed by atoms with E-state index in [0.29, 0.717) is 11.9 Å².